The predicted molar refractivity (Wildman–Crippen MR) is 46.0 cm³/mol. The largest absolute Gasteiger partial charge is 0.459 e. The Bertz CT molecular complexity index is 417. The molecule has 2 N–H and O–H groups in total. The molecule has 0 spiro atoms. The van der Waals surface area contributed by atoms with Gasteiger partial charge in [-0.2, -0.15) is 9.91 Å². The lowest BCUT2D eigenvalue weighted by Crippen LogP contribution is -1.95. The van der Waals surface area contributed by atoms with Crippen molar-refractivity contribution in [2.75, 3.05) is 0 Å². The zero-order valence-corrected chi connectivity index (χ0v) is 7.60. The first-order valence-electron chi connectivity index (χ1n) is 3.74. The lowest BCUT2D eigenvalue weighted by Gasteiger charge is -2.00. The summed E-state index contributed by atoms with van der Waals surface area (Å²) in [7, 11) is 0. The molecule has 11 nitrogen and oxygen atoms in total. The molecule has 0 aliphatic carbocycles. The third-order valence-corrected chi connectivity index (χ3v) is 1.27. The Morgan fingerprint density at radius 1 is 1.38 bits per heavy atom. The van der Waals surface area contributed by atoms with Crippen LogP contribution in [0.4, 0.5) is 11.6 Å². The summed E-state index contributed by atoms with van der Waals surface area (Å²) in [6, 6.07) is 0. The summed E-state index contributed by atoms with van der Waals surface area (Å²) >= 11 is 0. The van der Waals surface area contributed by atoms with Gasteiger partial charge < -0.3 is 20.2 Å². The number of aromatic amines is 2. The first-order valence-corrected chi connectivity index (χ1v) is 3.74. The van der Waals surface area contributed by atoms with Crippen molar-refractivity contribution in [3.8, 4) is 0 Å². The van der Waals surface area contributed by atoms with E-state index >= 15 is 0 Å². The summed E-state index contributed by atoms with van der Waals surface area (Å²) in [5, 5.41) is 26.1. The van der Waals surface area contributed by atoms with Crippen molar-refractivity contribution in [1.29, 1.82) is 0 Å². The van der Waals surface area contributed by atoms with E-state index in [1.807, 2.05) is 0 Å². The number of imidazole rings is 1. The Morgan fingerprint density at radius 3 is 2.44 bits per heavy atom. The molecule has 2 heterocycles. The van der Waals surface area contributed by atoms with Gasteiger partial charge in [-0.15, -0.1) is 5.10 Å². The quantitative estimate of drug-likeness (QED) is 0.513. The van der Waals surface area contributed by atoms with E-state index in [0.717, 1.165) is 6.33 Å². The van der Waals surface area contributed by atoms with Gasteiger partial charge in [-0.1, -0.05) is 0 Å². The number of H-pyrrole nitrogens is 2. The van der Waals surface area contributed by atoms with Crippen molar-refractivity contribution in [3.05, 3.63) is 39.2 Å². The summed E-state index contributed by atoms with van der Waals surface area (Å²) in [6.07, 6.45) is 3.98. The van der Waals surface area contributed by atoms with Crippen molar-refractivity contribution < 1.29 is 14.8 Å². The second kappa shape index (κ2) is 5.14. The second-order valence-electron chi connectivity index (χ2n) is 2.23. The Kier molecular flexibility index (Phi) is 3.60. The number of hydrogen-bond acceptors (Lipinski definition) is 6. The van der Waals surface area contributed by atoms with Crippen molar-refractivity contribution in [2.45, 2.75) is 0 Å². The van der Waals surface area contributed by atoms with Gasteiger partial charge in [-0.3, -0.25) is 4.98 Å². The molecule has 0 atom stereocenters. The summed E-state index contributed by atoms with van der Waals surface area (Å²) < 4.78 is 0. The van der Waals surface area contributed by atoms with Crippen LogP contribution in [0.2, 0.25) is 0 Å². The number of aromatic nitrogens is 5. The van der Waals surface area contributed by atoms with Crippen LogP contribution in [0.3, 0.4) is 0 Å². The van der Waals surface area contributed by atoms with Crippen LogP contribution in [0.5, 0.6) is 0 Å². The molecule has 0 radical (unpaired) electrons. The highest BCUT2D eigenvalue weighted by Gasteiger charge is 2.12. The topological polar surface area (TPSA) is 156 Å². The van der Waals surface area contributed by atoms with Crippen LogP contribution in [-0.4, -0.2) is 25.0 Å². The monoisotopic (exact) mass is 227 g/mol. The molecular formula is C5H5N7O4. The van der Waals surface area contributed by atoms with Gasteiger partial charge in [0.1, 0.15) is 6.33 Å². The molecule has 0 aliphatic heterocycles. The number of nitro groups is 2. The number of hydrogen-bond donors (Lipinski definition) is 1. The highest BCUT2D eigenvalue weighted by atomic mass is 16.6. The smallest absolute Gasteiger partial charge is 0.308 e. The third-order valence-electron chi connectivity index (χ3n) is 1.27. The number of rotatable bonds is 2. The first kappa shape index (κ1) is 11.2. The fourth-order valence-electron chi connectivity index (χ4n) is 0.698. The molecule has 0 saturated heterocycles. The fraction of sp³-hybridized carbons (Fsp3) is 0. The van der Waals surface area contributed by atoms with Gasteiger partial charge in [0.2, 0.25) is 12.1 Å². The van der Waals surface area contributed by atoms with Crippen molar-refractivity contribution in [1.82, 2.24) is 20.2 Å². The second-order valence-corrected chi connectivity index (χ2v) is 2.23. The summed E-state index contributed by atoms with van der Waals surface area (Å²) in [6.45, 7) is 0. The summed E-state index contributed by atoms with van der Waals surface area (Å²) in [4.78, 5) is 26.9. The Hall–Kier alpha value is -2.85. The molecule has 11 heteroatoms. The molecule has 0 bridgehead atoms. The fourth-order valence-corrected chi connectivity index (χ4v) is 0.698. The van der Waals surface area contributed by atoms with Crippen LogP contribution in [0.25, 0.3) is 0 Å². The van der Waals surface area contributed by atoms with Crippen molar-refractivity contribution >= 4 is 11.6 Å². The van der Waals surface area contributed by atoms with Crippen LogP contribution in [0, 0.1) is 20.2 Å². The highest BCUT2D eigenvalue weighted by Crippen LogP contribution is 2.18. The average Bonchev–Trinajstić information content (AvgIpc) is 2.92. The number of nitrogens with zero attached hydrogens (tertiary/aromatic N) is 5. The molecule has 0 aliphatic rings. The maximum absolute atomic E-state index is 9.99. The Morgan fingerprint density at radius 2 is 2.12 bits per heavy atom. The van der Waals surface area contributed by atoms with Gasteiger partial charge in [0.05, 0.1) is 0 Å². The van der Waals surface area contributed by atoms with Crippen LogP contribution >= 0.6 is 0 Å². The van der Waals surface area contributed by atoms with Crippen LogP contribution in [0.15, 0.2) is 19.0 Å². The normalized spacial score (nSPS) is 9.00. The molecule has 0 fully saturated rings. The molecule has 2 aromatic rings. The molecule has 16 heavy (non-hydrogen) atoms. The number of nitrogens with one attached hydrogen (secondary N) is 2. The molecular weight excluding hydrogens is 222 g/mol. The standard InChI is InChI=1S/C3HN4O4.C2H3N3/c8-6(9)2-3(7(10)11)5-1-4-2;1-3-2-5-4-1/h1H;1-2H,(H,3,4,5)/q-1;/p+1. The third kappa shape index (κ3) is 2.83. The maximum atomic E-state index is 9.99. The van der Waals surface area contributed by atoms with Gasteiger partial charge in [-0.05, 0) is 4.92 Å². The van der Waals surface area contributed by atoms with Gasteiger partial charge in [0.25, 0.3) is 6.33 Å². The van der Waals surface area contributed by atoms with E-state index in [4.69, 9.17) is 0 Å². The minimum atomic E-state index is -0.953. The molecule has 0 unspecified atom stereocenters. The minimum Gasteiger partial charge on any atom is -0.459 e. The summed E-state index contributed by atoms with van der Waals surface area (Å²) in [5.74, 6) is -1.65. The minimum absolute atomic E-state index is 0.774. The lowest BCUT2D eigenvalue weighted by molar-refractivity contribution is -0.427. The highest BCUT2D eigenvalue weighted by molar-refractivity contribution is 5.38. The van der Waals surface area contributed by atoms with E-state index in [1.165, 1.54) is 0 Å². The van der Waals surface area contributed by atoms with Gasteiger partial charge >= 0.3 is 5.82 Å². The maximum Gasteiger partial charge on any atom is 0.308 e. The van der Waals surface area contributed by atoms with Crippen molar-refractivity contribution in [3.63, 3.8) is 0 Å². The van der Waals surface area contributed by atoms with Crippen LogP contribution < -0.4 is 9.97 Å². The zero-order chi connectivity index (χ0) is 12.0. The van der Waals surface area contributed by atoms with E-state index in [1.54, 1.807) is 12.7 Å². The molecule has 2 aromatic heterocycles. The predicted octanol–water partition coefficient (Wildman–Crippen LogP) is -0.921. The molecule has 0 aromatic carbocycles. The molecule has 84 valence electrons. The zero-order valence-electron chi connectivity index (χ0n) is 7.60. The molecule has 0 saturated carbocycles. The van der Waals surface area contributed by atoms with E-state index < -0.39 is 21.5 Å². The van der Waals surface area contributed by atoms with Crippen LogP contribution in [0.1, 0.15) is 0 Å². The average molecular weight is 227 g/mol. The first-order chi connectivity index (χ1) is 7.63. The van der Waals surface area contributed by atoms with E-state index in [2.05, 4.69) is 25.1 Å². The summed E-state index contributed by atoms with van der Waals surface area (Å²) in [5.41, 5.74) is 0. The van der Waals surface area contributed by atoms with E-state index in [-0.39, 0.29) is 0 Å². The Balaban J connectivity index is 0.000000212. The van der Waals surface area contributed by atoms with Gasteiger partial charge in [0, 0.05) is 5.10 Å². The van der Waals surface area contributed by atoms with E-state index in [0.29, 0.717) is 0 Å². The van der Waals surface area contributed by atoms with Crippen molar-refractivity contribution in [2.24, 2.45) is 0 Å². The SMILES string of the molecule is O=[N+]([O-])c1nc[n-]c1[N+](=O)[O-].c1n[nH]c[nH+]1. The lowest BCUT2D eigenvalue weighted by atomic mass is 10.7. The van der Waals surface area contributed by atoms with E-state index in [9.17, 15) is 20.2 Å². The van der Waals surface area contributed by atoms with Gasteiger partial charge in [-0.25, -0.2) is 4.98 Å². The molecule has 0 amide bonds. The Labute approximate surface area is 86.8 Å². The molecule has 2 rings (SSSR count). The van der Waals surface area contributed by atoms with Gasteiger partial charge in [0.15, 0.2) is 0 Å². The van der Waals surface area contributed by atoms with Crippen LogP contribution in [-0.2, 0) is 0 Å².